The van der Waals surface area contributed by atoms with Gasteiger partial charge in [-0.3, -0.25) is 5.43 Å². The van der Waals surface area contributed by atoms with Crippen LogP contribution in [0.4, 0.5) is 0 Å². The molecular formula is C16H25N3O3S. The summed E-state index contributed by atoms with van der Waals surface area (Å²) < 4.78 is 15.9. The zero-order valence-electron chi connectivity index (χ0n) is 14.1. The number of hydrazone groups is 1. The molecule has 0 aliphatic heterocycles. The van der Waals surface area contributed by atoms with E-state index in [9.17, 15) is 0 Å². The zero-order valence-corrected chi connectivity index (χ0v) is 15.0. The molecule has 0 aliphatic rings. The number of nitrogens with zero attached hydrogens (tertiary/aromatic N) is 1. The Morgan fingerprint density at radius 3 is 2.30 bits per heavy atom. The molecule has 0 aromatic heterocycles. The van der Waals surface area contributed by atoms with Gasteiger partial charge in [0.1, 0.15) is 17.2 Å². The van der Waals surface area contributed by atoms with Crippen molar-refractivity contribution in [2.45, 2.75) is 26.2 Å². The third-order valence-electron chi connectivity index (χ3n) is 3.18. The van der Waals surface area contributed by atoms with Gasteiger partial charge in [-0.15, -0.1) is 0 Å². The molecule has 2 N–H and O–H groups in total. The number of thiocarbonyl (C=S) groups is 1. The van der Waals surface area contributed by atoms with E-state index in [2.05, 4.69) is 22.8 Å². The Morgan fingerprint density at radius 1 is 1.13 bits per heavy atom. The summed E-state index contributed by atoms with van der Waals surface area (Å²) in [5, 5.41) is 7.73. The molecule has 0 bridgehead atoms. The quantitative estimate of drug-likeness (QED) is 0.312. The molecule has 128 valence electrons. The molecular weight excluding hydrogens is 314 g/mol. The second-order valence-electron chi connectivity index (χ2n) is 4.78. The fraction of sp³-hybridized carbons (Fsp3) is 0.500. The highest BCUT2D eigenvalue weighted by atomic mass is 32.1. The molecule has 1 rings (SSSR count). The van der Waals surface area contributed by atoms with Crippen molar-refractivity contribution in [1.82, 2.24) is 10.7 Å². The average molecular weight is 339 g/mol. The first-order valence-electron chi connectivity index (χ1n) is 7.53. The van der Waals surface area contributed by atoms with Gasteiger partial charge in [0.05, 0.1) is 33.1 Å². The first kappa shape index (κ1) is 19.0. The lowest BCUT2D eigenvalue weighted by Crippen LogP contribution is -2.32. The second kappa shape index (κ2) is 10.7. The van der Waals surface area contributed by atoms with Crippen molar-refractivity contribution in [3.05, 3.63) is 17.7 Å². The molecule has 0 spiro atoms. The van der Waals surface area contributed by atoms with Crippen molar-refractivity contribution < 1.29 is 14.2 Å². The SMILES string of the molecule is CCCCCNC(=S)N/N=C\c1c(OC)cc(OC)cc1OC. The maximum atomic E-state index is 5.35. The second-order valence-corrected chi connectivity index (χ2v) is 5.19. The van der Waals surface area contributed by atoms with E-state index in [4.69, 9.17) is 26.4 Å². The van der Waals surface area contributed by atoms with E-state index in [1.165, 1.54) is 12.8 Å². The molecule has 23 heavy (non-hydrogen) atoms. The number of benzene rings is 1. The van der Waals surface area contributed by atoms with Gasteiger partial charge in [-0.25, -0.2) is 0 Å². The molecule has 0 radical (unpaired) electrons. The molecule has 7 heteroatoms. The first-order valence-corrected chi connectivity index (χ1v) is 7.94. The van der Waals surface area contributed by atoms with Crippen LogP contribution in [0.15, 0.2) is 17.2 Å². The number of methoxy groups -OCH3 is 3. The lowest BCUT2D eigenvalue weighted by Gasteiger charge is -2.12. The van der Waals surface area contributed by atoms with E-state index < -0.39 is 0 Å². The van der Waals surface area contributed by atoms with E-state index >= 15 is 0 Å². The van der Waals surface area contributed by atoms with Crippen LogP contribution < -0.4 is 25.0 Å². The Bertz CT molecular complexity index is 510. The van der Waals surface area contributed by atoms with Crippen LogP contribution in [0.1, 0.15) is 31.7 Å². The molecule has 6 nitrogen and oxygen atoms in total. The number of unbranched alkanes of at least 4 members (excludes halogenated alkanes) is 2. The van der Waals surface area contributed by atoms with E-state index in [0.29, 0.717) is 27.9 Å². The van der Waals surface area contributed by atoms with Gasteiger partial charge >= 0.3 is 0 Å². The Kier molecular flexibility index (Phi) is 8.82. The predicted molar refractivity (Wildman–Crippen MR) is 97.0 cm³/mol. The van der Waals surface area contributed by atoms with Crippen molar-refractivity contribution in [2.24, 2.45) is 5.10 Å². The van der Waals surface area contributed by atoms with Crippen molar-refractivity contribution in [2.75, 3.05) is 27.9 Å². The molecule has 1 aromatic carbocycles. The molecule has 0 unspecified atom stereocenters. The van der Waals surface area contributed by atoms with Gasteiger partial charge in [0.25, 0.3) is 0 Å². The highest BCUT2D eigenvalue weighted by Gasteiger charge is 2.11. The molecule has 0 heterocycles. The van der Waals surface area contributed by atoms with E-state index in [0.717, 1.165) is 13.0 Å². The third kappa shape index (κ3) is 6.32. The van der Waals surface area contributed by atoms with Gasteiger partial charge in [0, 0.05) is 18.7 Å². The number of ether oxygens (including phenoxy) is 3. The number of nitrogens with one attached hydrogen (secondary N) is 2. The monoisotopic (exact) mass is 339 g/mol. The fourth-order valence-electron chi connectivity index (χ4n) is 1.93. The summed E-state index contributed by atoms with van der Waals surface area (Å²) in [4.78, 5) is 0. The standard InChI is InChI=1S/C16H25N3O3S/c1-5-6-7-8-17-16(23)19-18-11-13-14(21-3)9-12(20-2)10-15(13)22-4/h9-11H,5-8H2,1-4H3,(H2,17,19,23)/b18-11-. The molecule has 0 amide bonds. The smallest absolute Gasteiger partial charge is 0.186 e. The Hall–Kier alpha value is -2.02. The van der Waals surface area contributed by atoms with Crippen LogP contribution in [0.5, 0.6) is 17.2 Å². The highest BCUT2D eigenvalue weighted by molar-refractivity contribution is 7.80. The first-order chi connectivity index (χ1) is 11.2. The summed E-state index contributed by atoms with van der Waals surface area (Å²) in [7, 11) is 4.75. The minimum Gasteiger partial charge on any atom is -0.496 e. The summed E-state index contributed by atoms with van der Waals surface area (Å²) in [6.07, 6.45) is 5.05. The number of hydrogen-bond donors (Lipinski definition) is 2. The summed E-state index contributed by atoms with van der Waals surface area (Å²) in [6.45, 7) is 3.00. The normalized spacial score (nSPS) is 10.4. The van der Waals surface area contributed by atoms with Crippen molar-refractivity contribution >= 4 is 23.5 Å². The minimum atomic E-state index is 0.490. The maximum absolute atomic E-state index is 5.35. The molecule has 0 aliphatic carbocycles. The van der Waals surface area contributed by atoms with E-state index in [1.54, 1.807) is 39.7 Å². The average Bonchev–Trinajstić information content (AvgIpc) is 2.58. The Labute approximate surface area is 143 Å². The van der Waals surface area contributed by atoms with Gasteiger partial charge in [-0.1, -0.05) is 19.8 Å². The van der Waals surface area contributed by atoms with Crippen molar-refractivity contribution in [1.29, 1.82) is 0 Å². The van der Waals surface area contributed by atoms with Crippen LogP contribution in [0.25, 0.3) is 0 Å². The summed E-state index contributed by atoms with van der Waals surface area (Å²) >= 11 is 5.16. The predicted octanol–water partition coefficient (Wildman–Crippen LogP) is 2.70. The van der Waals surface area contributed by atoms with Gasteiger partial charge in [0.2, 0.25) is 0 Å². The Morgan fingerprint density at radius 2 is 1.78 bits per heavy atom. The van der Waals surface area contributed by atoms with Crippen LogP contribution in [0.2, 0.25) is 0 Å². The van der Waals surface area contributed by atoms with Crippen LogP contribution >= 0.6 is 12.2 Å². The minimum absolute atomic E-state index is 0.490. The van der Waals surface area contributed by atoms with E-state index in [1.807, 2.05) is 0 Å². The lowest BCUT2D eigenvalue weighted by atomic mass is 10.2. The lowest BCUT2D eigenvalue weighted by molar-refractivity contribution is 0.374. The molecule has 0 saturated carbocycles. The van der Waals surface area contributed by atoms with Crippen molar-refractivity contribution in [3.8, 4) is 17.2 Å². The molecule has 0 fully saturated rings. The number of rotatable bonds is 9. The van der Waals surface area contributed by atoms with Crippen molar-refractivity contribution in [3.63, 3.8) is 0 Å². The molecule has 0 atom stereocenters. The summed E-state index contributed by atoms with van der Waals surface area (Å²) in [5.41, 5.74) is 3.49. The molecule has 1 aromatic rings. The van der Waals surface area contributed by atoms with Crippen LogP contribution in [-0.4, -0.2) is 39.2 Å². The molecule has 0 saturated heterocycles. The van der Waals surface area contributed by atoms with Crippen LogP contribution in [0, 0.1) is 0 Å². The summed E-state index contributed by atoms with van der Waals surface area (Å²) in [6, 6.07) is 3.54. The van der Waals surface area contributed by atoms with E-state index in [-0.39, 0.29) is 0 Å². The number of hydrogen-bond acceptors (Lipinski definition) is 5. The fourth-order valence-corrected chi connectivity index (χ4v) is 2.09. The van der Waals surface area contributed by atoms with Gasteiger partial charge < -0.3 is 19.5 Å². The van der Waals surface area contributed by atoms with Gasteiger partial charge in [0.15, 0.2) is 5.11 Å². The van der Waals surface area contributed by atoms with Crippen LogP contribution in [0.3, 0.4) is 0 Å². The van der Waals surface area contributed by atoms with Gasteiger partial charge in [-0.2, -0.15) is 5.10 Å². The maximum Gasteiger partial charge on any atom is 0.186 e. The van der Waals surface area contributed by atoms with Gasteiger partial charge in [-0.05, 0) is 18.6 Å². The zero-order chi connectivity index (χ0) is 17.1. The topological polar surface area (TPSA) is 64.1 Å². The Balaban J connectivity index is 2.70. The third-order valence-corrected chi connectivity index (χ3v) is 3.41. The largest absolute Gasteiger partial charge is 0.496 e. The van der Waals surface area contributed by atoms with Crippen LogP contribution in [-0.2, 0) is 0 Å². The highest BCUT2D eigenvalue weighted by Crippen LogP contribution is 2.32. The summed E-state index contributed by atoms with van der Waals surface area (Å²) in [5.74, 6) is 1.86.